The number of alkyl halides is 3. The fourth-order valence-corrected chi connectivity index (χ4v) is 2.96. The molecular weight excluding hydrogens is 333 g/mol. The molecule has 0 radical (unpaired) electrons. The van der Waals surface area contributed by atoms with Crippen molar-refractivity contribution in [1.82, 2.24) is 10.2 Å². The van der Waals surface area contributed by atoms with Crippen LogP contribution in [0.1, 0.15) is 0 Å². The van der Waals surface area contributed by atoms with Crippen molar-refractivity contribution in [3.63, 3.8) is 0 Å². The van der Waals surface area contributed by atoms with Crippen molar-refractivity contribution in [3.05, 3.63) is 48.7 Å². The monoisotopic (exact) mass is 342 g/mol. The summed E-state index contributed by atoms with van der Waals surface area (Å²) in [7, 11) is -5.49. The molecular formula is C14H9F3N2O3S. The molecule has 9 heteroatoms. The minimum absolute atomic E-state index is 0.138. The van der Waals surface area contributed by atoms with E-state index in [9.17, 15) is 21.6 Å². The Balaban J connectivity index is 2.13. The molecule has 0 atom stereocenters. The van der Waals surface area contributed by atoms with Gasteiger partial charge in [-0.25, -0.2) is 8.42 Å². The van der Waals surface area contributed by atoms with Crippen LogP contribution in [0, 0.1) is 0 Å². The van der Waals surface area contributed by atoms with Crippen molar-refractivity contribution in [2.24, 2.45) is 0 Å². The Hall–Kier alpha value is -2.55. The number of sulfone groups is 1. The third kappa shape index (κ3) is 2.63. The summed E-state index contributed by atoms with van der Waals surface area (Å²) in [5.41, 5.74) is -5.65. The number of fused-ring (bicyclic) bond motifs is 1. The van der Waals surface area contributed by atoms with Crippen LogP contribution in [0.5, 0.6) is 11.5 Å². The van der Waals surface area contributed by atoms with E-state index >= 15 is 0 Å². The maximum Gasteiger partial charge on any atom is 0.501 e. The van der Waals surface area contributed by atoms with E-state index in [0.29, 0.717) is 5.75 Å². The van der Waals surface area contributed by atoms with E-state index in [1.54, 1.807) is 30.3 Å². The van der Waals surface area contributed by atoms with Crippen LogP contribution in [-0.2, 0) is 9.84 Å². The number of H-pyrrole nitrogens is 1. The summed E-state index contributed by atoms with van der Waals surface area (Å²) >= 11 is 0. The first-order chi connectivity index (χ1) is 10.8. The van der Waals surface area contributed by atoms with Gasteiger partial charge in [0.05, 0.1) is 17.1 Å². The molecule has 5 nitrogen and oxygen atoms in total. The van der Waals surface area contributed by atoms with Gasteiger partial charge in [0.15, 0.2) is 0 Å². The molecule has 1 heterocycles. The van der Waals surface area contributed by atoms with Crippen molar-refractivity contribution in [2.75, 3.05) is 0 Å². The third-order valence-electron chi connectivity index (χ3n) is 3.10. The standard InChI is InChI=1S/C14H9F3N2O3S/c15-14(16,17)23(20,21)12-7-6-11(10-8-18-19-13(10)12)22-9-4-2-1-3-5-9/h1-8H,(H,18,19). The van der Waals surface area contributed by atoms with Gasteiger partial charge in [-0.1, -0.05) is 18.2 Å². The average molecular weight is 342 g/mol. The summed E-state index contributed by atoms with van der Waals surface area (Å²) in [6.07, 6.45) is 1.21. The summed E-state index contributed by atoms with van der Waals surface area (Å²) in [6.45, 7) is 0. The molecule has 0 saturated carbocycles. The zero-order valence-corrected chi connectivity index (χ0v) is 12.1. The molecule has 0 aliphatic heterocycles. The van der Waals surface area contributed by atoms with Crippen molar-refractivity contribution >= 4 is 20.7 Å². The Labute approximate surface area is 128 Å². The molecule has 0 saturated heterocycles. The van der Waals surface area contributed by atoms with Crippen LogP contribution in [0.15, 0.2) is 53.6 Å². The van der Waals surface area contributed by atoms with Crippen molar-refractivity contribution in [1.29, 1.82) is 0 Å². The summed E-state index contributed by atoms with van der Waals surface area (Å²) in [6, 6.07) is 10.6. The SMILES string of the molecule is O=S(=O)(c1ccc(Oc2ccccc2)c2cn[nH]c12)C(F)(F)F. The van der Waals surface area contributed by atoms with Gasteiger partial charge in [0.1, 0.15) is 16.4 Å². The highest BCUT2D eigenvalue weighted by atomic mass is 32.2. The molecule has 0 fully saturated rings. The fourth-order valence-electron chi connectivity index (χ4n) is 2.04. The van der Waals surface area contributed by atoms with Crippen LogP contribution in [0.25, 0.3) is 10.9 Å². The van der Waals surface area contributed by atoms with E-state index in [4.69, 9.17) is 4.74 Å². The van der Waals surface area contributed by atoms with Gasteiger partial charge in [-0.05, 0) is 24.3 Å². The number of hydrogen-bond acceptors (Lipinski definition) is 4. The zero-order valence-electron chi connectivity index (χ0n) is 11.3. The lowest BCUT2D eigenvalue weighted by Crippen LogP contribution is -2.23. The lowest BCUT2D eigenvalue weighted by Gasteiger charge is -2.11. The second-order valence-corrected chi connectivity index (χ2v) is 6.49. The van der Waals surface area contributed by atoms with E-state index in [1.165, 1.54) is 12.3 Å². The van der Waals surface area contributed by atoms with Crippen molar-refractivity contribution < 1.29 is 26.3 Å². The van der Waals surface area contributed by atoms with Crippen molar-refractivity contribution in [3.8, 4) is 11.5 Å². The maximum atomic E-state index is 12.7. The summed E-state index contributed by atoms with van der Waals surface area (Å²) in [5.74, 6) is 0.655. The Kier molecular flexibility index (Phi) is 3.52. The number of nitrogens with zero attached hydrogens (tertiary/aromatic N) is 1. The number of hydrogen-bond donors (Lipinski definition) is 1. The number of halogens is 3. The highest BCUT2D eigenvalue weighted by molar-refractivity contribution is 7.92. The number of aromatic nitrogens is 2. The second kappa shape index (κ2) is 5.27. The number of para-hydroxylation sites is 1. The molecule has 0 spiro atoms. The highest BCUT2D eigenvalue weighted by Gasteiger charge is 2.48. The van der Waals surface area contributed by atoms with Crippen LogP contribution in [-0.4, -0.2) is 24.1 Å². The molecule has 0 aliphatic rings. The third-order valence-corrected chi connectivity index (χ3v) is 4.63. The highest BCUT2D eigenvalue weighted by Crippen LogP contribution is 2.37. The maximum absolute atomic E-state index is 12.7. The summed E-state index contributed by atoms with van der Waals surface area (Å²) in [5, 5.41) is 6.04. The van der Waals surface area contributed by atoms with Crippen LogP contribution >= 0.6 is 0 Å². The van der Waals surface area contributed by atoms with Gasteiger partial charge >= 0.3 is 5.51 Å². The van der Waals surface area contributed by atoms with Crippen molar-refractivity contribution in [2.45, 2.75) is 10.4 Å². The van der Waals surface area contributed by atoms with Crippen LogP contribution in [0.2, 0.25) is 0 Å². The molecule has 1 N–H and O–H groups in total. The summed E-state index contributed by atoms with van der Waals surface area (Å²) in [4.78, 5) is -0.891. The quantitative estimate of drug-likeness (QED) is 0.789. The van der Waals surface area contributed by atoms with Crippen LogP contribution < -0.4 is 4.74 Å². The molecule has 1 aromatic heterocycles. The second-order valence-electron chi connectivity index (χ2n) is 4.58. The number of ether oxygens (including phenoxy) is 1. The Morgan fingerprint density at radius 2 is 1.74 bits per heavy atom. The first-order valence-corrected chi connectivity index (χ1v) is 7.79. The molecule has 0 amide bonds. The molecule has 2 aromatic carbocycles. The van der Waals surface area contributed by atoms with E-state index in [0.717, 1.165) is 6.07 Å². The van der Waals surface area contributed by atoms with E-state index in [2.05, 4.69) is 10.2 Å². The predicted molar refractivity (Wildman–Crippen MR) is 75.9 cm³/mol. The topological polar surface area (TPSA) is 72.1 Å². The Morgan fingerprint density at radius 3 is 2.39 bits per heavy atom. The lowest BCUT2D eigenvalue weighted by atomic mass is 10.2. The normalized spacial score (nSPS) is 12.5. The van der Waals surface area contributed by atoms with Gasteiger partial charge in [-0.3, -0.25) is 5.10 Å². The lowest BCUT2D eigenvalue weighted by molar-refractivity contribution is -0.0435. The summed E-state index contributed by atoms with van der Waals surface area (Å²) < 4.78 is 67.1. The minimum Gasteiger partial charge on any atom is -0.457 e. The van der Waals surface area contributed by atoms with Gasteiger partial charge in [0.2, 0.25) is 0 Å². The molecule has 0 aliphatic carbocycles. The van der Waals surface area contributed by atoms with E-state index < -0.39 is 20.2 Å². The van der Waals surface area contributed by atoms with Gasteiger partial charge in [-0.2, -0.15) is 18.3 Å². The zero-order chi connectivity index (χ0) is 16.7. The molecule has 120 valence electrons. The molecule has 0 bridgehead atoms. The Bertz CT molecular complexity index is 950. The molecule has 23 heavy (non-hydrogen) atoms. The smallest absolute Gasteiger partial charge is 0.457 e. The average Bonchev–Trinajstić information content (AvgIpc) is 2.97. The number of rotatable bonds is 3. The first kappa shape index (κ1) is 15.3. The number of benzene rings is 2. The first-order valence-electron chi connectivity index (χ1n) is 6.31. The Morgan fingerprint density at radius 1 is 1.04 bits per heavy atom. The molecule has 3 rings (SSSR count). The predicted octanol–water partition coefficient (Wildman–Crippen LogP) is 3.65. The van der Waals surface area contributed by atoms with Crippen LogP contribution in [0.4, 0.5) is 13.2 Å². The van der Waals surface area contributed by atoms with Gasteiger partial charge in [-0.15, -0.1) is 0 Å². The van der Waals surface area contributed by atoms with Gasteiger partial charge < -0.3 is 4.74 Å². The van der Waals surface area contributed by atoms with Gasteiger partial charge in [0.25, 0.3) is 9.84 Å². The molecule has 3 aromatic rings. The van der Waals surface area contributed by atoms with Crippen LogP contribution in [0.3, 0.4) is 0 Å². The fraction of sp³-hybridized carbons (Fsp3) is 0.0714. The largest absolute Gasteiger partial charge is 0.501 e. The van der Waals surface area contributed by atoms with E-state index in [-0.39, 0.29) is 16.7 Å². The number of aromatic amines is 1. The molecule has 0 unspecified atom stereocenters. The van der Waals surface area contributed by atoms with Gasteiger partial charge in [0, 0.05) is 0 Å². The van der Waals surface area contributed by atoms with E-state index in [1.807, 2.05) is 0 Å². The number of nitrogens with one attached hydrogen (secondary N) is 1. The minimum atomic E-state index is -5.49.